The van der Waals surface area contributed by atoms with E-state index >= 15 is 0 Å². The van der Waals surface area contributed by atoms with E-state index in [0.717, 1.165) is 11.1 Å². The van der Waals surface area contributed by atoms with Crippen molar-refractivity contribution in [3.8, 4) is 11.1 Å². The van der Waals surface area contributed by atoms with E-state index in [4.69, 9.17) is 0 Å². The largest absolute Gasteiger partial charge is 0.339 e. The normalized spacial score (nSPS) is 13.6. The van der Waals surface area contributed by atoms with E-state index in [9.17, 15) is 14.4 Å². The average Bonchev–Trinajstić information content (AvgIpc) is 2.88. The van der Waals surface area contributed by atoms with Crippen molar-refractivity contribution in [2.24, 2.45) is 0 Å². The predicted molar refractivity (Wildman–Crippen MR) is 124 cm³/mol. The van der Waals surface area contributed by atoms with E-state index in [-0.39, 0.29) is 30.4 Å². The van der Waals surface area contributed by atoms with Gasteiger partial charge in [0, 0.05) is 50.1 Å². The SMILES string of the molecule is O=C(CCC(=O)N1CCN(C(=O)c2ccccc2)CC1)c1ccc(-c2ccccc2)cc1. The Kier molecular flexibility index (Phi) is 6.75. The van der Waals surface area contributed by atoms with Gasteiger partial charge in [0.15, 0.2) is 5.78 Å². The van der Waals surface area contributed by atoms with Crippen molar-refractivity contribution in [2.45, 2.75) is 12.8 Å². The summed E-state index contributed by atoms with van der Waals surface area (Å²) in [4.78, 5) is 41.2. The van der Waals surface area contributed by atoms with Crippen LogP contribution in [0.5, 0.6) is 0 Å². The van der Waals surface area contributed by atoms with Crippen LogP contribution in [-0.4, -0.2) is 53.6 Å². The summed E-state index contributed by atoms with van der Waals surface area (Å²) in [6, 6.07) is 26.7. The van der Waals surface area contributed by atoms with Gasteiger partial charge in [0.1, 0.15) is 0 Å². The van der Waals surface area contributed by atoms with Crippen molar-refractivity contribution in [1.82, 2.24) is 9.80 Å². The maximum absolute atomic E-state index is 12.6. The van der Waals surface area contributed by atoms with Crippen molar-refractivity contribution in [3.05, 3.63) is 96.1 Å². The third kappa shape index (κ3) is 5.11. The highest BCUT2D eigenvalue weighted by Crippen LogP contribution is 2.20. The van der Waals surface area contributed by atoms with Crippen molar-refractivity contribution in [2.75, 3.05) is 26.2 Å². The van der Waals surface area contributed by atoms with Gasteiger partial charge < -0.3 is 9.80 Å². The lowest BCUT2D eigenvalue weighted by atomic mass is 10.0. The Bertz CT molecular complexity index is 1070. The predicted octanol–water partition coefficient (Wildman–Crippen LogP) is 4.30. The molecule has 1 aliphatic rings. The number of nitrogens with zero attached hydrogens (tertiary/aromatic N) is 2. The molecular formula is C27H26N2O3. The molecule has 1 fully saturated rings. The molecule has 3 aromatic carbocycles. The minimum Gasteiger partial charge on any atom is -0.339 e. The number of carbonyl (C=O) groups is 3. The van der Waals surface area contributed by atoms with Crippen LogP contribution in [0.3, 0.4) is 0 Å². The number of Topliss-reactive ketones (excluding diaryl/α,β-unsaturated/α-hetero) is 1. The van der Waals surface area contributed by atoms with Gasteiger partial charge in [-0.3, -0.25) is 14.4 Å². The molecule has 0 atom stereocenters. The van der Waals surface area contributed by atoms with Crippen LogP contribution < -0.4 is 0 Å². The Balaban J connectivity index is 1.25. The van der Waals surface area contributed by atoms with Crippen LogP contribution in [0, 0.1) is 0 Å². The highest BCUT2D eigenvalue weighted by molar-refractivity contribution is 5.98. The molecule has 1 aliphatic heterocycles. The molecule has 0 aromatic heterocycles. The fourth-order valence-electron chi connectivity index (χ4n) is 3.92. The number of hydrogen-bond acceptors (Lipinski definition) is 3. The number of hydrogen-bond donors (Lipinski definition) is 0. The number of piperazine rings is 1. The molecule has 0 spiro atoms. The van der Waals surface area contributed by atoms with Gasteiger partial charge in [0.2, 0.25) is 5.91 Å². The second-order valence-electron chi connectivity index (χ2n) is 7.91. The van der Waals surface area contributed by atoms with Gasteiger partial charge in [0.05, 0.1) is 0 Å². The molecule has 32 heavy (non-hydrogen) atoms. The minimum atomic E-state index is -0.0361. The Labute approximate surface area is 188 Å². The number of amides is 2. The molecule has 1 heterocycles. The first kappa shape index (κ1) is 21.5. The Morgan fingerprint density at radius 3 is 1.72 bits per heavy atom. The number of benzene rings is 3. The lowest BCUT2D eigenvalue weighted by molar-refractivity contribution is -0.132. The topological polar surface area (TPSA) is 57.7 Å². The van der Waals surface area contributed by atoms with Crippen LogP contribution in [0.1, 0.15) is 33.6 Å². The molecule has 0 unspecified atom stereocenters. The Morgan fingerprint density at radius 1 is 0.562 bits per heavy atom. The summed E-state index contributed by atoms with van der Waals surface area (Å²) in [5.74, 6) is -0.0752. The first-order valence-corrected chi connectivity index (χ1v) is 10.9. The van der Waals surface area contributed by atoms with Crippen molar-refractivity contribution in [3.63, 3.8) is 0 Å². The lowest BCUT2D eigenvalue weighted by Gasteiger charge is -2.34. The van der Waals surface area contributed by atoms with Crippen LogP contribution >= 0.6 is 0 Å². The van der Waals surface area contributed by atoms with Crippen LogP contribution in [0.25, 0.3) is 11.1 Å². The Morgan fingerprint density at radius 2 is 1.09 bits per heavy atom. The summed E-state index contributed by atoms with van der Waals surface area (Å²) in [6.45, 7) is 2.01. The second kappa shape index (κ2) is 10.1. The first-order valence-electron chi connectivity index (χ1n) is 10.9. The van der Waals surface area contributed by atoms with Crippen LogP contribution in [0.2, 0.25) is 0 Å². The molecule has 5 nitrogen and oxygen atoms in total. The summed E-state index contributed by atoms with van der Waals surface area (Å²) in [5.41, 5.74) is 3.44. The molecule has 0 aliphatic carbocycles. The van der Waals surface area contributed by atoms with Gasteiger partial charge >= 0.3 is 0 Å². The van der Waals surface area contributed by atoms with E-state index < -0.39 is 0 Å². The first-order chi connectivity index (χ1) is 15.6. The maximum atomic E-state index is 12.6. The van der Waals surface area contributed by atoms with E-state index in [0.29, 0.717) is 37.3 Å². The molecule has 5 heteroatoms. The third-order valence-corrected chi connectivity index (χ3v) is 5.82. The summed E-state index contributed by atoms with van der Waals surface area (Å²) in [5, 5.41) is 0. The van der Waals surface area contributed by atoms with Gasteiger partial charge in [-0.05, 0) is 23.3 Å². The minimum absolute atomic E-state index is 0.00757. The standard InChI is InChI=1S/C27H26N2O3/c30-25(23-13-11-22(12-14-23)21-7-3-1-4-8-21)15-16-26(31)28-17-19-29(20-18-28)27(32)24-9-5-2-6-10-24/h1-14H,15-20H2. The zero-order valence-electron chi connectivity index (χ0n) is 17.9. The van der Waals surface area contributed by atoms with Gasteiger partial charge in [0.25, 0.3) is 5.91 Å². The van der Waals surface area contributed by atoms with Crippen LogP contribution in [0.4, 0.5) is 0 Å². The number of ketones is 1. The third-order valence-electron chi connectivity index (χ3n) is 5.82. The van der Waals surface area contributed by atoms with E-state index in [1.54, 1.807) is 21.9 Å². The molecule has 1 saturated heterocycles. The fraction of sp³-hybridized carbons (Fsp3) is 0.222. The zero-order chi connectivity index (χ0) is 22.3. The molecule has 3 aromatic rings. The summed E-state index contributed by atoms with van der Waals surface area (Å²) < 4.78 is 0. The average molecular weight is 427 g/mol. The van der Waals surface area contributed by atoms with Crippen LogP contribution in [0.15, 0.2) is 84.9 Å². The summed E-state index contributed by atoms with van der Waals surface area (Å²) >= 11 is 0. The Hall–Kier alpha value is -3.73. The quantitative estimate of drug-likeness (QED) is 0.552. The summed E-state index contributed by atoms with van der Waals surface area (Å²) in [6.07, 6.45) is 0.374. The summed E-state index contributed by atoms with van der Waals surface area (Å²) in [7, 11) is 0. The van der Waals surface area contributed by atoms with Crippen molar-refractivity contribution >= 4 is 17.6 Å². The number of rotatable bonds is 6. The van der Waals surface area contributed by atoms with Gasteiger partial charge in [-0.1, -0.05) is 72.8 Å². The zero-order valence-corrected chi connectivity index (χ0v) is 17.9. The molecule has 0 radical (unpaired) electrons. The number of carbonyl (C=O) groups excluding carboxylic acids is 3. The molecular weight excluding hydrogens is 400 g/mol. The van der Waals surface area contributed by atoms with Gasteiger partial charge in [-0.25, -0.2) is 0 Å². The van der Waals surface area contributed by atoms with Crippen molar-refractivity contribution < 1.29 is 14.4 Å². The van der Waals surface area contributed by atoms with E-state index in [1.807, 2.05) is 72.8 Å². The second-order valence-corrected chi connectivity index (χ2v) is 7.91. The van der Waals surface area contributed by atoms with Gasteiger partial charge in [-0.15, -0.1) is 0 Å². The van der Waals surface area contributed by atoms with Gasteiger partial charge in [-0.2, -0.15) is 0 Å². The van der Waals surface area contributed by atoms with Crippen LogP contribution in [-0.2, 0) is 4.79 Å². The molecule has 162 valence electrons. The fourth-order valence-corrected chi connectivity index (χ4v) is 3.92. The monoisotopic (exact) mass is 426 g/mol. The molecule has 2 amide bonds. The molecule has 0 bridgehead atoms. The van der Waals surface area contributed by atoms with E-state index in [2.05, 4.69) is 0 Å². The lowest BCUT2D eigenvalue weighted by Crippen LogP contribution is -2.50. The van der Waals surface area contributed by atoms with E-state index in [1.165, 1.54) is 0 Å². The smallest absolute Gasteiger partial charge is 0.253 e. The van der Waals surface area contributed by atoms with Crippen molar-refractivity contribution in [1.29, 1.82) is 0 Å². The molecule has 4 rings (SSSR count). The highest BCUT2D eigenvalue weighted by Gasteiger charge is 2.25. The maximum Gasteiger partial charge on any atom is 0.253 e. The highest BCUT2D eigenvalue weighted by atomic mass is 16.2. The molecule has 0 N–H and O–H groups in total. The molecule has 0 saturated carbocycles.